The fourth-order valence-corrected chi connectivity index (χ4v) is 2.35. The van der Waals surface area contributed by atoms with Crippen molar-refractivity contribution in [1.29, 1.82) is 0 Å². The number of ether oxygens (including phenoxy) is 2. The van der Waals surface area contributed by atoms with Crippen LogP contribution in [-0.4, -0.2) is 42.7 Å². The molecule has 1 aliphatic heterocycles. The van der Waals surface area contributed by atoms with E-state index in [9.17, 15) is 4.79 Å². The van der Waals surface area contributed by atoms with E-state index in [1.165, 1.54) is 0 Å². The van der Waals surface area contributed by atoms with Gasteiger partial charge in [0.1, 0.15) is 12.4 Å². The van der Waals surface area contributed by atoms with Crippen LogP contribution in [0.5, 0.6) is 5.75 Å². The summed E-state index contributed by atoms with van der Waals surface area (Å²) in [6.45, 7) is 5.43. The Morgan fingerprint density at radius 2 is 1.95 bits per heavy atom. The minimum Gasteiger partial charge on any atom is -0.481 e. The highest BCUT2D eigenvalue weighted by molar-refractivity contribution is 5.94. The molecule has 0 saturated carbocycles. The molecule has 0 radical (unpaired) electrons. The van der Waals surface area contributed by atoms with Crippen LogP contribution < -0.4 is 4.74 Å². The van der Waals surface area contributed by atoms with Crippen LogP contribution in [0.3, 0.4) is 0 Å². The average molecular weight is 273 g/mol. The third-order valence-corrected chi connectivity index (χ3v) is 3.13. The van der Waals surface area contributed by atoms with Gasteiger partial charge in [-0.1, -0.05) is 5.92 Å². The topological polar surface area (TPSA) is 38.8 Å². The van der Waals surface area contributed by atoms with Crippen molar-refractivity contribution in [3.63, 3.8) is 0 Å². The molecule has 4 nitrogen and oxygen atoms in total. The molecule has 0 bridgehead atoms. The molecule has 106 valence electrons. The summed E-state index contributed by atoms with van der Waals surface area (Å²) in [5, 5.41) is 0. The summed E-state index contributed by atoms with van der Waals surface area (Å²) in [5.41, 5.74) is 0.652. The molecule has 1 aromatic rings. The van der Waals surface area contributed by atoms with Gasteiger partial charge >= 0.3 is 0 Å². The van der Waals surface area contributed by atoms with E-state index in [4.69, 9.17) is 15.9 Å². The smallest absolute Gasteiger partial charge is 0.254 e. The van der Waals surface area contributed by atoms with Crippen molar-refractivity contribution in [3.8, 4) is 18.1 Å². The lowest BCUT2D eigenvalue weighted by Crippen LogP contribution is -2.48. The second-order valence-corrected chi connectivity index (χ2v) is 4.98. The van der Waals surface area contributed by atoms with Crippen LogP contribution in [0.2, 0.25) is 0 Å². The number of morpholine rings is 1. The Morgan fingerprint density at radius 3 is 2.50 bits per heavy atom. The van der Waals surface area contributed by atoms with Crippen molar-refractivity contribution in [2.24, 2.45) is 0 Å². The highest BCUT2D eigenvalue weighted by Crippen LogP contribution is 2.17. The van der Waals surface area contributed by atoms with Gasteiger partial charge in [-0.2, -0.15) is 0 Å². The van der Waals surface area contributed by atoms with Crippen molar-refractivity contribution in [2.45, 2.75) is 26.1 Å². The number of nitrogens with zero attached hydrogens (tertiary/aromatic N) is 1. The molecule has 1 aliphatic rings. The van der Waals surface area contributed by atoms with Gasteiger partial charge in [0, 0.05) is 18.7 Å². The molecule has 1 heterocycles. The van der Waals surface area contributed by atoms with Crippen LogP contribution in [0.25, 0.3) is 0 Å². The van der Waals surface area contributed by atoms with Crippen LogP contribution >= 0.6 is 0 Å². The van der Waals surface area contributed by atoms with E-state index in [1.54, 1.807) is 24.3 Å². The lowest BCUT2D eigenvalue weighted by atomic mass is 10.1. The maximum Gasteiger partial charge on any atom is 0.254 e. The molecule has 0 N–H and O–H groups in total. The summed E-state index contributed by atoms with van der Waals surface area (Å²) in [6, 6.07) is 7.05. The van der Waals surface area contributed by atoms with Gasteiger partial charge < -0.3 is 14.4 Å². The fraction of sp³-hybridized carbons (Fsp3) is 0.438. The Balaban J connectivity index is 2.03. The molecule has 0 aromatic heterocycles. The minimum atomic E-state index is 0.0236. The van der Waals surface area contributed by atoms with Crippen molar-refractivity contribution in [2.75, 3.05) is 19.7 Å². The summed E-state index contributed by atoms with van der Waals surface area (Å²) in [5.74, 6) is 3.10. The molecular formula is C16H19NO3. The van der Waals surface area contributed by atoms with E-state index in [2.05, 4.69) is 5.92 Å². The van der Waals surface area contributed by atoms with Crippen molar-refractivity contribution in [3.05, 3.63) is 29.8 Å². The second kappa shape index (κ2) is 6.44. The molecule has 1 amide bonds. The van der Waals surface area contributed by atoms with Crippen molar-refractivity contribution < 1.29 is 14.3 Å². The molecule has 0 unspecified atom stereocenters. The maximum atomic E-state index is 12.4. The van der Waals surface area contributed by atoms with Gasteiger partial charge in [0.05, 0.1) is 12.2 Å². The quantitative estimate of drug-likeness (QED) is 0.790. The lowest BCUT2D eigenvalue weighted by Gasteiger charge is -2.35. The van der Waals surface area contributed by atoms with Gasteiger partial charge in [0.15, 0.2) is 0 Å². The van der Waals surface area contributed by atoms with E-state index in [0.29, 0.717) is 24.4 Å². The number of carbonyl (C=O) groups is 1. The normalized spacial score (nSPS) is 22.1. The number of rotatable bonds is 3. The minimum absolute atomic E-state index is 0.0236. The highest BCUT2D eigenvalue weighted by Gasteiger charge is 2.26. The molecule has 1 aromatic carbocycles. The number of terminal acetylenes is 1. The van der Waals surface area contributed by atoms with Crippen molar-refractivity contribution in [1.82, 2.24) is 4.90 Å². The number of hydrogen-bond acceptors (Lipinski definition) is 3. The molecule has 2 atom stereocenters. The maximum absolute atomic E-state index is 12.4. The molecule has 1 fully saturated rings. The number of carbonyl (C=O) groups excluding carboxylic acids is 1. The van der Waals surface area contributed by atoms with E-state index in [0.717, 1.165) is 0 Å². The molecule has 1 saturated heterocycles. The Kier molecular flexibility index (Phi) is 4.65. The standard InChI is InChI=1S/C16H19NO3/c1-4-9-19-15-7-5-14(6-8-15)16(18)17-10-12(2)20-13(3)11-17/h1,5-8,12-13H,9-11H2,2-3H3/t12-,13+. The van der Waals surface area contributed by atoms with Crippen LogP contribution in [0.4, 0.5) is 0 Å². The average Bonchev–Trinajstić information content (AvgIpc) is 2.44. The summed E-state index contributed by atoms with van der Waals surface area (Å²) in [6.07, 6.45) is 5.27. The summed E-state index contributed by atoms with van der Waals surface area (Å²) in [4.78, 5) is 14.2. The first-order chi connectivity index (χ1) is 9.60. The molecule has 20 heavy (non-hydrogen) atoms. The van der Waals surface area contributed by atoms with Gasteiger partial charge in [0.2, 0.25) is 0 Å². The van der Waals surface area contributed by atoms with E-state index < -0.39 is 0 Å². The van der Waals surface area contributed by atoms with Gasteiger partial charge in [-0.05, 0) is 38.1 Å². The zero-order valence-electron chi connectivity index (χ0n) is 11.8. The van der Waals surface area contributed by atoms with Gasteiger partial charge in [-0.3, -0.25) is 4.79 Å². The Hall–Kier alpha value is -1.99. The summed E-state index contributed by atoms with van der Waals surface area (Å²) < 4.78 is 10.9. The first kappa shape index (κ1) is 14.4. The zero-order valence-corrected chi connectivity index (χ0v) is 11.8. The third kappa shape index (κ3) is 3.52. The Bertz CT molecular complexity index is 493. The SMILES string of the molecule is C#CCOc1ccc(C(=O)N2C[C@@H](C)O[C@@H](C)C2)cc1. The molecule has 4 heteroatoms. The lowest BCUT2D eigenvalue weighted by molar-refractivity contribution is -0.0586. The Labute approximate surface area is 119 Å². The monoisotopic (exact) mass is 273 g/mol. The highest BCUT2D eigenvalue weighted by atomic mass is 16.5. The van der Waals surface area contributed by atoms with E-state index in [-0.39, 0.29) is 24.7 Å². The fourth-order valence-electron chi connectivity index (χ4n) is 2.35. The van der Waals surface area contributed by atoms with E-state index >= 15 is 0 Å². The predicted molar refractivity (Wildman–Crippen MR) is 76.7 cm³/mol. The largest absolute Gasteiger partial charge is 0.481 e. The molecule has 2 rings (SSSR count). The van der Waals surface area contributed by atoms with E-state index in [1.807, 2.05) is 18.7 Å². The van der Waals surface area contributed by atoms with Crippen LogP contribution in [0.15, 0.2) is 24.3 Å². The summed E-state index contributed by atoms with van der Waals surface area (Å²) in [7, 11) is 0. The van der Waals surface area contributed by atoms with Crippen molar-refractivity contribution >= 4 is 5.91 Å². The van der Waals surface area contributed by atoms with Crippen LogP contribution in [-0.2, 0) is 4.74 Å². The van der Waals surface area contributed by atoms with Gasteiger partial charge in [-0.25, -0.2) is 0 Å². The van der Waals surface area contributed by atoms with Crippen LogP contribution in [0, 0.1) is 12.3 Å². The number of amides is 1. The molecule has 0 aliphatic carbocycles. The molecule has 0 spiro atoms. The Morgan fingerprint density at radius 1 is 1.35 bits per heavy atom. The van der Waals surface area contributed by atoms with Gasteiger partial charge in [-0.15, -0.1) is 6.42 Å². The third-order valence-electron chi connectivity index (χ3n) is 3.13. The second-order valence-electron chi connectivity index (χ2n) is 4.98. The molecular weight excluding hydrogens is 254 g/mol. The van der Waals surface area contributed by atoms with Gasteiger partial charge in [0.25, 0.3) is 5.91 Å². The summed E-state index contributed by atoms with van der Waals surface area (Å²) >= 11 is 0. The first-order valence-corrected chi connectivity index (χ1v) is 6.71. The number of hydrogen-bond donors (Lipinski definition) is 0. The zero-order chi connectivity index (χ0) is 14.5. The first-order valence-electron chi connectivity index (χ1n) is 6.71. The predicted octanol–water partition coefficient (Wildman–Crippen LogP) is 1.95. The van der Waals surface area contributed by atoms with Crippen LogP contribution in [0.1, 0.15) is 24.2 Å². The number of benzene rings is 1.